The molecular weight excluding hydrogens is 241 g/mol. The van der Waals surface area contributed by atoms with Gasteiger partial charge < -0.3 is 14.7 Å². The van der Waals surface area contributed by atoms with Crippen LogP contribution in [0.3, 0.4) is 0 Å². The molecule has 0 aliphatic heterocycles. The number of para-hydroxylation sites is 1. The molecule has 0 saturated carbocycles. The fourth-order valence-electron chi connectivity index (χ4n) is 1.46. The van der Waals surface area contributed by atoms with Crippen LogP contribution in [0.25, 0.3) is 0 Å². The Hall–Kier alpha value is -1.95. The van der Waals surface area contributed by atoms with Gasteiger partial charge in [0.05, 0.1) is 12.1 Å². The number of nitrogens with zero attached hydrogens (tertiary/aromatic N) is 1. The minimum atomic E-state index is -1.05. The summed E-state index contributed by atoms with van der Waals surface area (Å²) in [6.45, 7) is -0.327. The Labute approximate surface area is 104 Å². The third-order valence-corrected chi connectivity index (χ3v) is 2.26. The molecule has 1 rings (SSSR count). The first-order valence-electron chi connectivity index (χ1n) is 5.32. The molecule has 0 aromatic heterocycles. The number of carboxylic acids is 1. The summed E-state index contributed by atoms with van der Waals surface area (Å²) in [7, 11) is 1.34. The molecular formula is C12H14FNO4. The normalized spacial score (nSPS) is 10.1. The van der Waals surface area contributed by atoms with E-state index in [9.17, 15) is 14.0 Å². The fraction of sp³-hybridized carbons (Fsp3) is 0.333. The Morgan fingerprint density at radius 3 is 2.61 bits per heavy atom. The molecule has 0 fully saturated rings. The van der Waals surface area contributed by atoms with Gasteiger partial charge in [-0.25, -0.2) is 4.39 Å². The average Bonchev–Trinajstić information content (AvgIpc) is 2.31. The summed E-state index contributed by atoms with van der Waals surface area (Å²) in [5.41, 5.74) is 0.0563. The monoisotopic (exact) mass is 255 g/mol. The van der Waals surface area contributed by atoms with Crippen LogP contribution >= 0.6 is 0 Å². The quantitative estimate of drug-likeness (QED) is 0.831. The third kappa shape index (κ3) is 3.81. The molecule has 0 atom stereocenters. The topological polar surface area (TPSA) is 66.8 Å². The highest BCUT2D eigenvalue weighted by atomic mass is 19.1. The van der Waals surface area contributed by atoms with Gasteiger partial charge in [0.1, 0.15) is 12.4 Å². The first-order chi connectivity index (χ1) is 8.56. The molecule has 0 heterocycles. The number of anilines is 1. The molecule has 0 saturated heterocycles. The van der Waals surface area contributed by atoms with Gasteiger partial charge in [-0.1, -0.05) is 12.1 Å². The smallest absolute Gasteiger partial charge is 0.305 e. The van der Waals surface area contributed by atoms with Gasteiger partial charge in [-0.15, -0.1) is 0 Å². The summed E-state index contributed by atoms with van der Waals surface area (Å²) in [6, 6.07) is 5.70. The summed E-state index contributed by atoms with van der Waals surface area (Å²) in [5.74, 6) is -2.11. The molecule has 98 valence electrons. The first kappa shape index (κ1) is 14.1. The molecule has 6 heteroatoms. The Bertz CT molecular complexity index is 436. The number of carbonyl (C=O) groups is 2. The van der Waals surface area contributed by atoms with Crippen molar-refractivity contribution in [1.29, 1.82) is 0 Å². The van der Waals surface area contributed by atoms with Crippen molar-refractivity contribution in [2.45, 2.75) is 6.42 Å². The lowest BCUT2D eigenvalue weighted by Crippen LogP contribution is -2.36. The van der Waals surface area contributed by atoms with Crippen LogP contribution < -0.4 is 4.90 Å². The van der Waals surface area contributed by atoms with E-state index in [1.54, 1.807) is 6.07 Å². The van der Waals surface area contributed by atoms with Crippen molar-refractivity contribution in [2.75, 3.05) is 25.2 Å². The predicted molar refractivity (Wildman–Crippen MR) is 62.9 cm³/mol. The summed E-state index contributed by atoms with van der Waals surface area (Å²) < 4.78 is 18.3. The molecule has 1 N–H and O–H groups in total. The Morgan fingerprint density at radius 2 is 2.06 bits per heavy atom. The van der Waals surface area contributed by atoms with Gasteiger partial charge >= 0.3 is 5.97 Å². The number of hydrogen-bond donors (Lipinski definition) is 1. The van der Waals surface area contributed by atoms with E-state index >= 15 is 0 Å². The van der Waals surface area contributed by atoms with Gasteiger partial charge in [0.25, 0.3) is 5.91 Å². The fourth-order valence-corrected chi connectivity index (χ4v) is 1.46. The van der Waals surface area contributed by atoms with Crippen molar-refractivity contribution in [3.05, 3.63) is 30.1 Å². The number of carboxylic acid groups (broad SMARTS) is 1. The van der Waals surface area contributed by atoms with Gasteiger partial charge in [-0.2, -0.15) is 0 Å². The minimum Gasteiger partial charge on any atom is -0.481 e. The van der Waals surface area contributed by atoms with Crippen LogP contribution in [0, 0.1) is 5.82 Å². The molecule has 0 spiro atoms. The van der Waals surface area contributed by atoms with Gasteiger partial charge in [0, 0.05) is 13.7 Å². The number of hydrogen-bond acceptors (Lipinski definition) is 3. The third-order valence-electron chi connectivity index (χ3n) is 2.26. The Balaban J connectivity index is 2.93. The summed E-state index contributed by atoms with van der Waals surface area (Å²) in [5, 5.41) is 8.63. The molecule has 1 amide bonds. The number of halogens is 1. The maximum Gasteiger partial charge on any atom is 0.305 e. The molecule has 0 unspecified atom stereocenters. The molecule has 1 aromatic rings. The maximum atomic E-state index is 13.6. The van der Waals surface area contributed by atoms with E-state index < -0.39 is 17.7 Å². The predicted octanol–water partition coefficient (Wildman–Crippen LogP) is 1.28. The van der Waals surface area contributed by atoms with Crippen molar-refractivity contribution in [2.24, 2.45) is 0 Å². The van der Waals surface area contributed by atoms with E-state index in [0.717, 1.165) is 4.90 Å². The van der Waals surface area contributed by atoms with Crippen LogP contribution in [0.15, 0.2) is 24.3 Å². The summed E-state index contributed by atoms with van der Waals surface area (Å²) in [4.78, 5) is 23.4. The zero-order chi connectivity index (χ0) is 13.5. The lowest BCUT2D eigenvalue weighted by molar-refractivity contribution is -0.136. The van der Waals surface area contributed by atoms with E-state index in [4.69, 9.17) is 9.84 Å². The average molecular weight is 255 g/mol. The van der Waals surface area contributed by atoms with Crippen molar-refractivity contribution in [1.82, 2.24) is 0 Å². The highest BCUT2D eigenvalue weighted by Gasteiger charge is 2.19. The second-order valence-electron chi connectivity index (χ2n) is 3.57. The lowest BCUT2D eigenvalue weighted by Gasteiger charge is -2.22. The molecule has 1 aromatic carbocycles. The van der Waals surface area contributed by atoms with Crippen LogP contribution in [0.2, 0.25) is 0 Å². The van der Waals surface area contributed by atoms with Gasteiger partial charge in [0.15, 0.2) is 0 Å². The van der Waals surface area contributed by atoms with Crippen LogP contribution in [0.1, 0.15) is 6.42 Å². The lowest BCUT2D eigenvalue weighted by atomic mass is 10.2. The number of carbonyl (C=O) groups excluding carboxylic acids is 1. The van der Waals surface area contributed by atoms with Crippen molar-refractivity contribution >= 4 is 17.6 Å². The molecule has 0 aliphatic rings. The van der Waals surface area contributed by atoms with Crippen molar-refractivity contribution in [3.63, 3.8) is 0 Å². The van der Waals surface area contributed by atoms with Gasteiger partial charge in [-0.05, 0) is 12.1 Å². The molecule has 18 heavy (non-hydrogen) atoms. The number of amides is 1. The number of rotatable bonds is 6. The highest BCUT2D eigenvalue weighted by Crippen LogP contribution is 2.19. The number of benzene rings is 1. The number of aliphatic carboxylic acids is 1. The van der Waals surface area contributed by atoms with Crippen molar-refractivity contribution < 1.29 is 23.8 Å². The SMILES string of the molecule is COCC(=O)N(CCC(=O)O)c1ccccc1F. The minimum absolute atomic E-state index is 0.0563. The zero-order valence-electron chi connectivity index (χ0n) is 9.93. The maximum absolute atomic E-state index is 13.6. The van der Waals surface area contributed by atoms with E-state index in [0.29, 0.717) is 0 Å². The highest BCUT2D eigenvalue weighted by molar-refractivity contribution is 5.94. The second-order valence-corrected chi connectivity index (χ2v) is 3.57. The molecule has 0 bridgehead atoms. The van der Waals surface area contributed by atoms with E-state index in [2.05, 4.69) is 0 Å². The van der Waals surface area contributed by atoms with Crippen LogP contribution in [0.4, 0.5) is 10.1 Å². The zero-order valence-corrected chi connectivity index (χ0v) is 9.93. The van der Waals surface area contributed by atoms with E-state index in [1.807, 2.05) is 0 Å². The van der Waals surface area contributed by atoms with E-state index in [1.165, 1.54) is 25.3 Å². The van der Waals surface area contributed by atoms with Crippen LogP contribution in [-0.4, -0.2) is 37.2 Å². The molecule has 0 radical (unpaired) electrons. The largest absolute Gasteiger partial charge is 0.481 e. The Morgan fingerprint density at radius 1 is 1.39 bits per heavy atom. The molecule has 0 aliphatic carbocycles. The number of methoxy groups -OCH3 is 1. The standard InChI is InChI=1S/C12H14FNO4/c1-18-8-11(15)14(7-6-12(16)17)10-5-3-2-4-9(10)13/h2-5H,6-8H2,1H3,(H,16,17). The first-order valence-corrected chi connectivity index (χ1v) is 5.32. The summed E-state index contributed by atoms with van der Waals surface area (Å²) >= 11 is 0. The number of ether oxygens (including phenoxy) is 1. The Kier molecular flexibility index (Phi) is 5.26. The summed E-state index contributed by atoms with van der Waals surface area (Å²) in [6.07, 6.45) is -0.260. The molecule has 5 nitrogen and oxygen atoms in total. The second kappa shape index (κ2) is 6.70. The van der Waals surface area contributed by atoms with Crippen molar-refractivity contribution in [3.8, 4) is 0 Å². The van der Waals surface area contributed by atoms with Gasteiger partial charge in [0.2, 0.25) is 0 Å². The van der Waals surface area contributed by atoms with Crippen LogP contribution in [0.5, 0.6) is 0 Å². The van der Waals surface area contributed by atoms with Crippen LogP contribution in [-0.2, 0) is 14.3 Å². The van der Waals surface area contributed by atoms with E-state index in [-0.39, 0.29) is 25.3 Å². The van der Waals surface area contributed by atoms with Gasteiger partial charge in [-0.3, -0.25) is 9.59 Å².